The van der Waals surface area contributed by atoms with Crippen molar-refractivity contribution in [1.29, 1.82) is 0 Å². The minimum absolute atomic E-state index is 0.0209. The summed E-state index contributed by atoms with van der Waals surface area (Å²) in [4.78, 5) is 27.4. The van der Waals surface area contributed by atoms with Gasteiger partial charge in [0.2, 0.25) is 11.8 Å². The highest BCUT2D eigenvalue weighted by molar-refractivity contribution is 5.82. The van der Waals surface area contributed by atoms with Crippen LogP contribution in [0.4, 0.5) is 0 Å². The van der Waals surface area contributed by atoms with Gasteiger partial charge in [-0.1, -0.05) is 66.7 Å². The van der Waals surface area contributed by atoms with Crippen molar-refractivity contribution in [2.75, 3.05) is 26.7 Å². The van der Waals surface area contributed by atoms with Crippen molar-refractivity contribution >= 4 is 11.8 Å². The van der Waals surface area contributed by atoms with E-state index in [0.717, 1.165) is 34.4 Å². The molecule has 1 heterocycles. The highest BCUT2D eigenvalue weighted by atomic mass is 16.5. The van der Waals surface area contributed by atoms with Crippen molar-refractivity contribution in [2.24, 2.45) is 5.92 Å². The molecule has 1 fully saturated rings. The van der Waals surface area contributed by atoms with E-state index in [2.05, 4.69) is 29.6 Å². The average Bonchev–Trinajstić information content (AvgIpc) is 3.05. The Morgan fingerprint density at radius 2 is 1.61 bits per heavy atom. The van der Waals surface area contributed by atoms with Crippen molar-refractivity contribution < 1.29 is 14.3 Å². The van der Waals surface area contributed by atoms with Crippen molar-refractivity contribution in [1.82, 2.24) is 10.2 Å². The number of benzene rings is 3. The van der Waals surface area contributed by atoms with Gasteiger partial charge < -0.3 is 15.0 Å². The van der Waals surface area contributed by atoms with E-state index in [9.17, 15) is 9.59 Å². The quantitative estimate of drug-likeness (QED) is 0.599. The molecule has 0 aliphatic carbocycles. The average molecular weight is 443 g/mol. The smallest absolute Gasteiger partial charge is 0.225 e. The second-order valence-electron chi connectivity index (χ2n) is 8.44. The van der Waals surface area contributed by atoms with Crippen molar-refractivity contribution in [3.63, 3.8) is 0 Å². The fourth-order valence-electron chi connectivity index (χ4n) is 4.24. The molecule has 0 aromatic heterocycles. The molecule has 5 nitrogen and oxygen atoms in total. The van der Waals surface area contributed by atoms with Gasteiger partial charge in [-0.25, -0.2) is 0 Å². The van der Waals surface area contributed by atoms with Crippen LogP contribution in [0, 0.1) is 5.92 Å². The number of aryl methyl sites for hydroxylation is 1. The van der Waals surface area contributed by atoms with Crippen LogP contribution in [0.1, 0.15) is 17.5 Å². The molecule has 170 valence electrons. The largest absolute Gasteiger partial charge is 0.497 e. The Kier molecular flexibility index (Phi) is 7.40. The molecular weight excluding hydrogens is 412 g/mol. The number of rotatable bonds is 7. The van der Waals surface area contributed by atoms with Gasteiger partial charge in [0.05, 0.1) is 13.0 Å². The standard InChI is InChI=1S/C28H30N2O3/c1-33-26-14-12-24(13-15-26)23-10-7-22(8-11-23)19-25-20-30(18-17-29-28(25)32)27(31)16-9-21-5-3-2-4-6-21/h2-8,10-15,25H,9,16-20H2,1H3,(H,29,32)/t25-/m0/s1. The Balaban J connectivity index is 1.38. The Hall–Kier alpha value is -3.60. The van der Waals surface area contributed by atoms with E-state index < -0.39 is 0 Å². The maximum absolute atomic E-state index is 12.9. The Morgan fingerprint density at radius 1 is 0.939 bits per heavy atom. The summed E-state index contributed by atoms with van der Waals surface area (Å²) in [7, 11) is 1.66. The summed E-state index contributed by atoms with van der Waals surface area (Å²) in [6.45, 7) is 1.52. The molecule has 3 aromatic carbocycles. The molecule has 0 radical (unpaired) electrons. The predicted octanol–water partition coefficient (Wildman–Crippen LogP) is 4.11. The summed E-state index contributed by atoms with van der Waals surface area (Å²) < 4.78 is 5.23. The second-order valence-corrected chi connectivity index (χ2v) is 8.44. The van der Waals surface area contributed by atoms with Crippen LogP contribution in [-0.4, -0.2) is 43.5 Å². The third-order valence-electron chi connectivity index (χ3n) is 6.17. The molecule has 0 bridgehead atoms. The lowest BCUT2D eigenvalue weighted by Gasteiger charge is -2.23. The number of hydrogen-bond acceptors (Lipinski definition) is 3. The lowest BCUT2D eigenvalue weighted by atomic mass is 9.96. The van der Waals surface area contributed by atoms with Gasteiger partial charge in [0.15, 0.2) is 0 Å². The van der Waals surface area contributed by atoms with Gasteiger partial charge in [0.1, 0.15) is 5.75 Å². The molecule has 4 rings (SSSR count). The SMILES string of the molecule is COc1ccc(-c2ccc(C[C@H]3CN(C(=O)CCc4ccccc4)CCNC3=O)cc2)cc1. The Morgan fingerprint density at radius 3 is 2.27 bits per heavy atom. The summed E-state index contributed by atoms with van der Waals surface area (Å²) in [5.74, 6) is 0.709. The molecule has 1 N–H and O–H groups in total. The minimum atomic E-state index is -0.250. The van der Waals surface area contributed by atoms with Crippen LogP contribution in [0.15, 0.2) is 78.9 Å². The molecule has 1 aliphatic rings. The summed E-state index contributed by atoms with van der Waals surface area (Å²) in [6.07, 6.45) is 1.79. The number of nitrogens with one attached hydrogen (secondary N) is 1. The van der Waals surface area contributed by atoms with E-state index >= 15 is 0 Å². The Bertz CT molecular complexity index is 1060. The number of carbonyl (C=O) groups excluding carboxylic acids is 2. The first-order valence-corrected chi connectivity index (χ1v) is 11.4. The summed E-state index contributed by atoms with van der Waals surface area (Å²) in [5.41, 5.74) is 4.48. The van der Waals surface area contributed by atoms with E-state index in [-0.39, 0.29) is 17.7 Å². The van der Waals surface area contributed by atoms with Gasteiger partial charge >= 0.3 is 0 Å². The van der Waals surface area contributed by atoms with Gasteiger partial charge in [0, 0.05) is 26.1 Å². The van der Waals surface area contributed by atoms with Crippen LogP contribution < -0.4 is 10.1 Å². The van der Waals surface area contributed by atoms with Crippen molar-refractivity contribution in [3.05, 3.63) is 90.0 Å². The first kappa shape index (κ1) is 22.6. The van der Waals surface area contributed by atoms with Crippen LogP contribution >= 0.6 is 0 Å². The van der Waals surface area contributed by atoms with Crippen LogP contribution in [0.2, 0.25) is 0 Å². The molecule has 1 saturated heterocycles. The number of carbonyl (C=O) groups is 2. The zero-order chi connectivity index (χ0) is 23.0. The van der Waals surface area contributed by atoms with Crippen molar-refractivity contribution in [2.45, 2.75) is 19.3 Å². The van der Waals surface area contributed by atoms with Crippen LogP contribution in [0.3, 0.4) is 0 Å². The molecule has 3 aromatic rings. The predicted molar refractivity (Wildman–Crippen MR) is 130 cm³/mol. The third kappa shape index (κ3) is 6.01. The normalized spacial score (nSPS) is 16.1. The maximum atomic E-state index is 12.9. The maximum Gasteiger partial charge on any atom is 0.225 e. The summed E-state index contributed by atoms with van der Waals surface area (Å²) in [6, 6.07) is 26.3. The van der Waals surface area contributed by atoms with Crippen molar-refractivity contribution in [3.8, 4) is 16.9 Å². The fraction of sp³-hybridized carbons (Fsp3) is 0.286. The van der Waals surface area contributed by atoms with Gasteiger partial charge in [-0.15, -0.1) is 0 Å². The molecule has 2 amide bonds. The number of nitrogens with zero attached hydrogens (tertiary/aromatic N) is 1. The number of amides is 2. The minimum Gasteiger partial charge on any atom is -0.497 e. The van der Waals surface area contributed by atoms with Gasteiger partial charge in [-0.05, 0) is 47.2 Å². The van der Waals surface area contributed by atoms with Crippen LogP contribution in [0.5, 0.6) is 5.75 Å². The van der Waals surface area contributed by atoms with Gasteiger partial charge in [-0.3, -0.25) is 9.59 Å². The number of hydrogen-bond donors (Lipinski definition) is 1. The molecule has 1 aliphatic heterocycles. The monoisotopic (exact) mass is 442 g/mol. The Labute approximate surface area is 195 Å². The lowest BCUT2D eigenvalue weighted by molar-refractivity contribution is -0.132. The topological polar surface area (TPSA) is 58.6 Å². The van der Waals surface area contributed by atoms with E-state index in [4.69, 9.17) is 4.74 Å². The van der Waals surface area contributed by atoms with Crippen LogP contribution in [-0.2, 0) is 22.4 Å². The van der Waals surface area contributed by atoms with Crippen LogP contribution in [0.25, 0.3) is 11.1 Å². The molecule has 5 heteroatoms. The molecule has 0 spiro atoms. The second kappa shape index (κ2) is 10.8. The molecule has 0 unspecified atom stereocenters. The summed E-state index contributed by atoms with van der Waals surface area (Å²) >= 11 is 0. The van der Waals surface area contributed by atoms with E-state index in [1.165, 1.54) is 0 Å². The number of methoxy groups -OCH3 is 1. The molecule has 1 atom stereocenters. The highest BCUT2D eigenvalue weighted by Gasteiger charge is 2.27. The highest BCUT2D eigenvalue weighted by Crippen LogP contribution is 2.24. The number of ether oxygens (including phenoxy) is 1. The van der Waals surface area contributed by atoms with E-state index in [0.29, 0.717) is 32.5 Å². The molecular formula is C28H30N2O3. The first-order chi connectivity index (χ1) is 16.1. The first-order valence-electron chi connectivity index (χ1n) is 11.4. The molecule has 0 saturated carbocycles. The zero-order valence-corrected chi connectivity index (χ0v) is 19.0. The van der Waals surface area contributed by atoms with Gasteiger partial charge in [0.25, 0.3) is 0 Å². The lowest BCUT2D eigenvalue weighted by Crippen LogP contribution is -2.37. The fourth-order valence-corrected chi connectivity index (χ4v) is 4.24. The molecule has 33 heavy (non-hydrogen) atoms. The van der Waals surface area contributed by atoms with E-state index in [1.54, 1.807) is 7.11 Å². The zero-order valence-electron chi connectivity index (χ0n) is 19.0. The van der Waals surface area contributed by atoms with Gasteiger partial charge in [-0.2, -0.15) is 0 Å². The van der Waals surface area contributed by atoms with E-state index in [1.807, 2.05) is 59.5 Å². The third-order valence-corrected chi connectivity index (χ3v) is 6.17. The summed E-state index contributed by atoms with van der Waals surface area (Å²) in [5, 5.41) is 2.98.